The zero-order valence-electron chi connectivity index (χ0n) is 25.5. The Labute approximate surface area is 283 Å². The molecule has 6 aromatic rings. The molecule has 8 rings (SSSR count). The van der Waals surface area contributed by atoms with E-state index in [0.717, 1.165) is 59.6 Å². The van der Waals surface area contributed by atoms with Crippen LogP contribution in [0.15, 0.2) is 94.5 Å². The highest BCUT2D eigenvalue weighted by Crippen LogP contribution is 2.37. The molecular formula is C39H27IN4O3. The van der Waals surface area contributed by atoms with Gasteiger partial charge in [-0.2, -0.15) is 0 Å². The predicted octanol–water partition coefficient (Wildman–Crippen LogP) is 8.64. The molecule has 0 atom stereocenters. The minimum Gasteiger partial charge on any atom is -0.486 e. The lowest BCUT2D eigenvalue weighted by Gasteiger charge is -2.15. The molecule has 0 aliphatic carbocycles. The van der Waals surface area contributed by atoms with E-state index < -0.39 is 10.9 Å². The molecule has 0 radical (unpaired) electrons. The largest absolute Gasteiger partial charge is 0.486 e. The normalized spacial score (nSPS) is 12.3. The van der Waals surface area contributed by atoms with Crippen LogP contribution in [0, 0.1) is 3.57 Å². The van der Waals surface area contributed by atoms with E-state index in [1.54, 1.807) is 0 Å². The first kappa shape index (κ1) is 29.1. The maximum absolute atomic E-state index is 13.3. The SMILES string of the molecule is CC(C)Oc1c(-c2c3ccc([nH]3)c(-c3ccccc3)c3nc(c(I)c4nc(c(-c5ccccc5)c5ccc2[nH]5)C=C4)C=C3)c(=O)c1=O. The van der Waals surface area contributed by atoms with Gasteiger partial charge in [-0.3, -0.25) is 9.59 Å². The lowest BCUT2D eigenvalue weighted by molar-refractivity contribution is 0.238. The van der Waals surface area contributed by atoms with E-state index in [2.05, 4.69) is 56.8 Å². The van der Waals surface area contributed by atoms with Crippen LogP contribution in [0.4, 0.5) is 0 Å². The van der Waals surface area contributed by atoms with Crippen LogP contribution in [0.1, 0.15) is 36.6 Å². The van der Waals surface area contributed by atoms with E-state index in [0.29, 0.717) is 16.6 Å². The molecule has 0 unspecified atom stereocenters. The number of aromatic nitrogens is 4. The highest BCUT2D eigenvalue weighted by molar-refractivity contribution is 14.1. The quantitative estimate of drug-likeness (QED) is 0.137. The van der Waals surface area contributed by atoms with E-state index in [-0.39, 0.29) is 17.4 Å². The van der Waals surface area contributed by atoms with Crippen LogP contribution in [0.25, 0.3) is 79.8 Å². The fourth-order valence-corrected chi connectivity index (χ4v) is 6.81. The molecule has 2 aliphatic rings. The topological polar surface area (TPSA) is 101 Å². The van der Waals surface area contributed by atoms with E-state index >= 15 is 0 Å². The molecule has 0 saturated heterocycles. The summed E-state index contributed by atoms with van der Waals surface area (Å²) in [5.74, 6) is 0.0797. The van der Waals surface area contributed by atoms with Gasteiger partial charge in [0.15, 0.2) is 5.75 Å². The Morgan fingerprint density at radius 1 is 0.553 bits per heavy atom. The van der Waals surface area contributed by atoms with E-state index in [1.807, 2.05) is 98.8 Å². The maximum atomic E-state index is 13.3. The van der Waals surface area contributed by atoms with Crippen LogP contribution in [0.2, 0.25) is 0 Å². The van der Waals surface area contributed by atoms with Gasteiger partial charge < -0.3 is 14.7 Å². The van der Waals surface area contributed by atoms with Crippen molar-refractivity contribution >= 4 is 69.0 Å². The van der Waals surface area contributed by atoms with Gasteiger partial charge in [0.05, 0.1) is 38.0 Å². The first-order valence-electron chi connectivity index (χ1n) is 15.3. The molecule has 3 aromatic carbocycles. The smallest absolute Gasteiger partial charge is 0.268 e. The van der Waals surface area contributed by atoms with Gasteiger partial charge in [0, 0.05) is 38.8 Å². The average Bonchev–Trinajstić information content (AvgIpc) is 3.92. The summed E-state index contributed by atoms with van der Waals surface area (Å²) in [6, 6.07) is 28.0. The van der Waals surface area contributed by atoms with Crippen LogP contribution in [-0.4, -0.2) is 26.0 Å². The fourth-order valence-electron chi connectivity index (χ4n) is 6.20. The fraction of sp³-hybridized carbons (Fsp3) is 0.0769. The molecule has 5 heterocycles. The van der Waals surface area contributed by atoms with Gasteiger partial charge >= 0.3 is 0 Å². The lowest BCUT2D eigenvalue weighted by Crippen LogP contribution is -2.35. The number of fused-ring (bicyclic) bond motifs is 8. The second kappa shape index (κ2) is 11.5. The molecule has 2 N–H and O–H groups in total. The van der Waals surface area contributed by atoms with Crippen molar-refractivity contribution in [1.29, 1.82) is 0 Å². The lowest BCUT2D eigenvalue weighted by atomic mass is 9.99. The molecule has 228 valence electrons. The third-order valence-electron chi connectivity index (χ3n) is 8.29. The first-order chi connectivity index (χ1) is 22.9. The minimum atomic E-state index is -0.618. The number of halogens is 1. The Balaban J connectivity index is 1.56. The molecule has 8 bridgehead atoms. The summed E-state index contributed by atoms with van der Waals surface area (Å²) >= 11 is 2.33. The number of hydrogen-bond acceptors (Lipinski definition) is 5. The summed E-state index contributed by atoms with van der Waals surface area (Å²) in [6.07, 6.45) is 7.80. The van der Waals surface area contributed by atoms with Crippen molar-refractivity contribution in [2.24, 2.45) is 0 Å². The third kappa shape index (κ3) is 4.96. The summed E-state index contributed by atoms with van der Waals surface area (Å²) in [5, 5.41) is 0. The Hall–Kier alpha value is -5.35. The van der Waals surface area contributed by atoms with Crippen molar-refractivity contribution in [3.63, 3.8) is 0 Å². The van der Waals surface area contributed by atoms with Crippen molar-refractivity contribution in [3.8, 4) is 39.1 Å². The molecule has 7 nitrogen and oxygen atoms in total. The summed E-state index contributed by atoms with van der Waals surface area (Å²) in [7, 11) is 0. The van der Waals surface area contributed by atoms with E-state index in [4.69, 9.17) is 14.7 Å². The van der Waals surface area contributed by atoms with Gasteiger partial charge in [0.25, 0.3) is 5.43 Å². The van der Waals surface area contributed by atoms with Gasteiger partial charge in [-0.25, -0.2) is 9.97 Å². The van der Waals surface area contributed by atoms with Crippen LogP contribution in [0.5, 0.6) is 5.75 Å². The molecular weight excluding hydrogens is 699 g/mol. The van der Waals surface area contributed by atoms with Crippen LogP contribution in [-0.2, 0) is 0 Å². The zero-order chi connectivity index (χ0) is 32.2. The number of ether oxygens (including phenoxy) is 1. The van der Waals surface area contributed by atoms with E-state index in [9.17, 15) is 9.59 Å². The molecule has 8 heteroatoms. The van der Waals surface area contributed by atoms with Gasteiger partial charge in [-0.1, -0.05) is 60.7 Å². The van der Waals surface area contributed by atoms with Crippen LogP contribution < -0.4 is 15.6 Å². The molecule has 0 spiro atoms. The Bertz CT molecular complexity index is 2380. The van der Waals surface area contributed by atoms with Gasteiger partial charge in [0.1, 0.15) is 0 Å². The second-order valence-corrected chi connectivity index (χ2v) is 12.8. The number of benzene rings is 2. The summed E-state index contributed by atoms with van der Waals surface area (Å²) in [6.45, 7) is 3.68. The van der Waals surface area contributed by atoms with Crippen molar-refractivity contribution in [2.45, 2.75) is 20.0 Å². The van der Waals surface area contributed by atoms with E-state index in [1.165, 1.54) is 0 Å². The van der Waals surface area contributed by atoms with Crippen LogP contribution >= 0.6 is 22.6 Å². The summed E-state index contributed by atoms with van der Waals surface area (Å²) in [4.78, 5) is 43.6. The Morgan fingerprint density at radius 2 is 0.979 bits per heavy atom. The highest BCUT2D eigenvalue weighted by atomic mass is 127. The van der Waals surface area contributed by atoms with Gasteiger partial charge in [0.2, 0.25) is 5.43 Å². The molecule has 0 amide bonds. The van der Waals surface area contributed by atoms with Crippen molar-refractivity contribution in [1.82, 2.24) is 19.9 Å². The summed E-state index contributed by atoms with van der Waals surface area (Å²) < 4.78 is 6.87. The first-order valence-corrected chi connectivity index (χ1v) is 16.4. The number of H-pyrrole nitrogens is 2. The summed E-state index contributed by atoms with van der Waals surface area (Å²) in [5.41, 5.74) is 9.61. The number of nitrogens with one attached hydrogen (secondary N) is 2. The van der Waals surface area contributed by atoms with Crippen molar-refractivity contribution in [3.05, 3.63) is 132 Å². The molecule has 2 aliphatic heterocycles. The highest BCUT2D eigenvalue weighted by Gasteiger charge is 2.28. The second-order valence-electron chi connectivity index (χ2n) is 11.7. The number of hydrogen-bond donors (Lipinski definition) is 2. The van der Waals surface area contributed by atoms with Crippen molar-refractivity contribution < 1.29 is 4.74 Å². The van der Waals surface area contributed by atoms with Crippen molar-refractivity contribution in [2.75, 3.05) is 0 Å². The van der Waals surface area contributed by atoms with Gasteiger partial charge in [-0.05, 0) is 96.1 Å². The number of rotatable bonds is 5. The third-order valence-corrected chi connectivity index (χ3v) is 9.39. The maximum Gasteiger partial charge on any atom is 0.268 e. The molecule has 47 heavy (non-hydrogen) atoms. The molecule has 0 fully saturated rings. The Kier molecular flexibility index (Phi) is 7.10. The zero-order valence-corrected chi connectivity index (χ0v) is 27.6. The number of aromatic amines is 2. The molecule has 0 saturated carbocycles. The minimum absolute atomic E-state index is 0.0797. The standard InChI is InChI=1S/C39H27IN4O3/c1-21(2)47-39-35(37(45)38(39)46)34-28-15-13-24(41-28)32(22-9-5-3-6-10-22)26-17-19-30(43-26)36(40)31-20-18-27(44-31)33(23-11-7-4-8-12-23)25-14-16-29(34)42-25/h3-21,41-42H,1-2H3. The Morgan fingerprint density at radius 3 is 1.43 bits per heavy atom. The predicted molar refractivity (Wildman–Crippen MR) is 199 cm³/mol. The average molecular weight is 727 g/mol. The molecule has 3 aromatic heterocycles. The van der Waals surface area contributed by atoms with Crippen LogP contribution in [0.3, 0.4) is 0 Å². The monoisotopic (exact) mass is 726 g/mol. The number of nitrogens with zero attached hydrogens (tertiary/aromatic N) is 2. The van der Waals surface area contributed by atoms with Gasteiger partial charge in [-0.15, -0.1) is 0 Å².